The summed E-state index contributed by atoms with van der Waals surface area (Å²) in [6.07, 6.45) is 4.93. The lowest BCUT2D eigenvalue weighted by Crippen LogP contribution is -2.30. The van der Waals surface area contributed by atoms with Crippen molar-refractivity contribution >= 4 is 34.4 Å². The van der Waals surface area contributed by atoms with Crippen molar-refractivity contribution in [3.05, 3.63) is 23.1 Å². The first-order valence-corrected chi connectivity index (χ1v) is 7.87. The zero-order valence-electron chi connectivity index (χ0n) is 11.5. The number of nitrogens with zero attached hydrogens (tertiary/aromatic N) is 4. The fraction of sp³-hybridized carbons (Fsp3) is 0.571. The van der Waals surface area contributed by atoms with Crippen LogP contribution < -0.4 is 0 Å². The van der Waals surface area contributed by atoms with Gasteiger partial charge in [-0.1, -0.05) is 11.6 Å². The number of likely N-dealkylation sites (N-methyl/N-ethyl adjacent to an activating group) is 1. The fourth-order valence-corrected chi connectivity index (χ4v) is 3.24. The fourth-order valence-electron chi connectivity index (χ4n) is 2.92. The van der Waals surface area contributed by atoms with E-state index in [4.69, 9.17) is 23.2 Å². The minimum atomic E-state index is 0.555. The highest BCUT2D eigenvalue weighted by molar-refractivity contribution is 6.31. The molecule has 1 saturated heterocycles. The Morgan fingerprint density at radius 3 is 3.00 bits per heavy atom. The molecule has 1 fully saturated rings. The molecular weight excluding hydrogens is 295 g/mol. The average Bonchev–Trinajstić information content (AvgIpc) is 2.96. The molecule has 108 valence electrons. The first-order chi connectivity index (χ1) is 9.69. The molecule has 0 spiro atoms. The summed E-state index contributed by atoms with van der Waals surface area (Å²) in [5, 5.41) is 0.623. The molecule has 4 nitrogen and oxygen atoms in total. The number of aryl methyl sites for hydroxylation is 1. The van der Waals surface area contributed by atoms with Crippen LogP contribution in [0, 0.1) is 0 Å². The molecule has 3 rings (SSSR count). The SMILES string of the molecule is CN1CCCC1Cn1c(CCCl)nc2cc(Cl)cnc21. The summed E-state index contributed by atoms with van der Waals surface area (Å²) in [6, 6.07) is 2.43. The monoisotopic (exact) mass is 312 g/mol. The van der Waals surface area contributed by atoms with Gasteiger partial charge in [-0.05, 0) is 32.5 Å². The van der Waals surface area contributed by atoms with Gasteiger partial charge >= 0.3 is 0 Å². The number of rotatable bonds is 4. The van der Waals surface area contributed by atoms with Gasteiger partial charge in [0.1, 0.15) is 11.3 Å². The molecule has 0 aromatic carbocycles. The zero-order chi connectivity index (χ0) is 14.1. The number of hydrogen-bond acceptors (Lipinski definition) is 3. The molecule has 3 heterocycles. The minimum absolute atomic E-state index is 0.555. The third-order valence-electron chi connectivity index (χ3n) is 4.01. The van der Waals surface area contributed by atoms with Gasteiger partial charge in [0.05, 0.1) is 5.02 Å². The second-order valence-corrected chi connectivity index (χ2v) is 6.16. The van der Waals surface area contributed by atoms with Crippen molar-refractivity contribution in [1.29, 1.82) is 0 Å². The van der Waals surface area contributed by atoms with Gasteiger partial charge in [0.15, 0.2) is 5.65 Å². The predicted molar refractivity (Wildman–Crippen MR) is 82.6 cm³/mol. The Hall–Kier alpha value is -0.840. The van der Waals surface area contributed by atoms with E-state index in [0.717, 1.165) is 30.0 Å². The van der Waals surface area contributed by atoms with Gasteiger partial charge in [0.25, 0.3) is 0 Å². The maximum Gasteiger partial charge on any atom is 0.160 e. The van der Waals surface area contributed by atoms with Crippen LogP contribution in [-0.2, 0) is 13.0 Å². The second-order valence-electron chi connectivity index (χ2n) is 5.35. The lowest BCUT2D eigenvalue weighted by molar-refractivity contribution is 0.282. The Kier molecular flexibility index (Phi) is 4.15. The Bertz CT molecular complexity index is 610. The number of pyridine rings is 1. The van der Waals surface area contributed by atoms with E-state index in [-0.39, 0.29) is 0 Å². The number of fused-ring (bicyclic) bond motifs is 1. The summed E-state index contributed by atoms with van der Waals surface area (Å²) in [5.41, 5.74) is 1.77. The molecular formula is C14H18Cl2N4. The van der Waals surface area contributed by atoms with Gasteiger partial charge in [0.2, 0.25) is 0 Å². The molecule has 6 heteroatoms. The molecule has 20 heavy (non-hydrogen) atoms. The zero-order valence-corrected chi connectivity index (χ0v) is 13.0. The van der Waals surface area contributed by atoms with Crippen LogP contribution in [0.4, 0.5) is 0 Å². The van der Waals surface area contributed by atoms with Crippen molar-refractivity contribution in [2.45, 2.75) is 31.8 Å². The average molecular weight is 313 g/mol. The molecule has 1 atom stereocenters. The summed E-state index contributed by atoms with van der Waals surface area (Å²) in [6.45, 7) is 2.09. The Morgan fingerprint density at radius 2 is 2.30 bits per heavy atom. The lowest BCUT2D eigenvalue weighted by Gasteiger charge is -2.21. The van der Waals surface area contributed by atoms with Crippen LogP contribution in [0.5, 0.6) is 0 Å². The Morgan fingerprint density at radius 1 is 1.45 bits per heavy atom. The molecule has 1 unspecified atom stereocenters. The first-order valence-electron chi connectivity index (χ1n) is 6.96. The van der Waals surface area contributed by atoms with E-state index < -0.39 is 0 Å². The Balaban J connectivity index is 1.99. The van der Waals surface area contributed by atoms with Crippen molar-refractivity contribution in [3.8, 4) is 0 Å². The smallest absolute Gasteiger partial charge is 0.160 e. The molecule has 0 amide bonds. The van der Waals surface area contributed by atoms with E-state index in [2.05, 4.69) is 26.5 Å². The van der Waals surface area contributed by atoms with Gasteiger partial charge in [-0.25, -0.2) is 9.97 Å². The van der Waals surface area contributed by atoms with Crippen molar-refractivity contribution in [1.82, 2.24) is 19.4 Å². The van der Waals surface area contributed by atoms with Gasteiger partial charge in [-0.3, -0.25) is 0 Å². The molecule has 1 aliphatic rings. The van der Waals surface area contributed by atoms with Gasteiger partial charge in [0, 0.05) is 31.1 Å². The van der Waals surface area contributed by atoms with E-state index in [1.54, 1.807) is 6.20 Å². The molecule has 2 aromatic rings. The van der Waals surface area contributed by atoms with E-state index in [1.165, 1.54) is 19.4 Å². The highest BCUT2D eigenvalue weighted by Crippen LogP contribution is 2.22. The van der Waals surface area contributed by atoms with Crippen LogP contribution in [-0.4, -0.2) is 44.9 Å². The molecule has 1 aliphatic heterocycles. The Labute approximate surface area is 128 Å². The van der Waals surface area contributed by atoms with Crippen molar-refractivity contribution in [2.24, 2.45) is 0 Å². The summed E-state index contributed by atoms with van der Waals surface area (Å²) in [5.74, 6) is 1.57. The van der Waals surface area contributed by atoms with Crippen LogP contribution in [0.1, 0.15) is 18.7 Å². The van der Waals surface area contributed by atoms with Crippen molar-refractivity contribution in [2.75, 3.05) is 19.5 Å². The normalized spacial score (nSPS) is 20.1. The summed E-state index contributed by atoms with van der Waals surface area (Å²) in [4.78, 5) is 11.5. The van der Waals surface area contributed by atoms with Crippen LogP contribution in [0.3, 0.4) is 0 Å². The minimum Gasteiger partial charge on any atom is -0.311 e. The van der Waals surface area contributed by atoms with Gasteiger partial charge in [-0.2, -0.15) is 0 Å². The maximum absolute atomic E-state index is 6.00. The number of halogens is 2. The molecule has 2 aromatic heterocycles. The van der Waals surface area contributed by atoms with E-state index in [1.807, 2.05) is 6.07 Å². The third kappa shape index (κ3) is 2.65. The molecule has 0 radical (unpaired) electrons. The van der Waals surface area contributed by atoms with Gasteiger partial charge in [-0.15, -0.1) is 11.6 Å². The largest absolute Gasteiger partial charge is 0.311 e. The summed E-state index contributed by atoms with van der Waals surface area (Å²) >= 11 is 11.9. The molecule has 0 N–H and O–H groups in total. The number of alkyl halides is 1. The topological polar surface area (TPSA) is 34.0 Å². The standard InChI is InChI=1S/C14H18Cl2N4/c1-19-6-2-3-11(19)9-20-13(4-5-15)18-12-7-10(16)8-17-14(12)20/h7-8,11H,2-6,9H2,1H3. The van der Waals surface area contributed by atoms with Crippen LogP contribution >= 0.6 is 23.2 Å². The van der Waals surface area contributed by atoms with E-state index in [9.17, 15) is 0 Å². The quantitative estimate of drug-likeness (QED) is 0.814. The van der Waals surface area contributed by atoms with Crippen LogP contribution in [0.2, 0.25) is 5.02 Å². The molecule has 0 saturated carbocycles. The van der Waals surface area contributed by atoms with Crippen molar-refractivity contribution < 1.29 is 0 Å². The number of hydrogen-bond donors (Lipinski definition) is 0. The van der Waals surface area contributed by atoms with Crippen molar-refractivity contribution in [3.63, 3.8) is 0 Å². The molecule has 0 aliphatic carbocycles. The van der Waals surface area contributed by atoms with Crippen LogP contribution in [0.15, 0.2) is 12.3 Å². The molecule has 0 bridgehead atoms. The summed E-state index contributed by atoms with van der Waals surface area (Å²) in [7, 11) is 2.18. The number of likely N-dealkylation sites (tertiary alicyclic amines) is 1. The van der Waals surface area contributed by atoms with Gasteiger partial charge < -0.3 is 9.47 Å². The first kappa shape index (κ1) is 14.1. The number of imidazole rings is 1. The van der Waals surface area contributed by atoms with E-state index >= 15 is 0 Å². The highest BCUT2D eigenvalue weighted by Gasteiger charge is 2.23. The third-order valence-corrected chi connectivity index (χ3v) is 4.41. The predicted octanol–water partition coefficient (Wildman–Crippen LogP) is 2.96. The van der Waals surface area contributed by atoms with Crippen LogP contribution in [0.25, 0.3) is 11.2 Å². The maximum atomic E-state index is 6.00. The lowest BCUT2D eigenvalue weighted by atomic mass is 10.2. The highest BCUT2D eigenvalue weighted by atomic mass is 35.5. The summed E-state index contributed by atoms with van der Waals surface area (Å²) < 4.78 is 2.21. The second kappa shape index (κ2) is 5.88. The van der Waals surface area contributed by atoms with E-state index in [0.29, 0.717) is 16.9 Å². The number of aromatic nitrogens is 3.